The monoisotopic (exact) mass is 689 g/mol. The predicted octanol–water partition coefficient (Wildman–Crippen LogP) is 9.19. The number of allylic oxidation sites excluding steroid dienone is 2. The number of fused-ring (bicyclic) bond motifs is 2. The van der Waals surface area contributed by atoms with Gasteiger partial charge in [-0.3, -0.25) is 9.78 Å². The Morgan fingerprint density at radius 3 is 2.18 bits per heavy atom. The van der Waals surface area contributed by atoms with Crippen molar-refractivity contribution < 1.29 is 30.0 Å². The second-order valence-electron chi connectivity index (χ2n) is 11.0. The van der Waals surface area contributed by atoms with Crippen LogP contribution >= 0.6 is 0 Å². The summed E-state index contributed by atoms with van der Waals surface area (Å²) in [5, 5.41) is 12.0. The molecule has 1 N–H and O–H groups in total. The summed E-state index contributed by atoms with van der Waals surface area (Å²) in [6.07, 6.45) is 7.87. The number of aromatic nitrogens is 1. The molecule has 2 aromatic carbocycles. The maximum Gasteiger partial charge on any atom is 0.168 e. The van der Waals surface area contributed by atoms with Gasteiger partial charge >= 0.3 is 0 Å². The molecule has 205 valence electrons. The minimum atomic E-state index is -0.204. The Morgan fingerprint density at radius 2 is 1.55 bits per heavy atom. The van der Waals surface area contributed by atoms with E-state index >= 15 is 0 Å². The maximum atomic E-state index is 13.1. The second kappa shape index (κ2) is 12.7. The Balaban J connectivity index is 0.000000207. The van der Waals surface area contributed by atoms with Crippen LogP contribution in [0.25, 0.3) is 22.2 Å². The quantitative estimate of drug-likeness (QED) is 0.272. The molecule has 2 aliphatic carbocycles. The van der Waals surface area contributed by atoms with E-state index in [-0.39, 0.29) is 36.7 Å². The van der Waals surface area contributed by atoms with Crippen LogP contribution in [0.1, 0.15) is 84.6 Å². The first kappa shape index (κ1) is 30.3. The molecular weight excluding hydrogens is 647 g/mol. The predicted molar refractivity (Wildman–Crippen MR) is 153 cm³/mol. The third-order valence-electron chi connectivity index (χ3n) is 9.37. The van der Waals surface area contributed by atoms with E-state index in [1.807, 2.05) is 36.4 Å². The minimum absolute atomic E-state index is 0. The number of Topliss-reactive ketones (excluding diaryl/α,β-unsaturated/α-hetero) is 1. The standard InChI is InChI=1S/C18H30O2.C16H12N.Ir/c1-5-17(6-2)11-9-13-10-12-18(7-3,8-4)16(20)14(13)15(17)19;1-12-5-4-7-14(11-12)16-10-9-13-6-2-3-8-15(13)17-16;/h13,19H,5-12H2,1-4H3;2-6,8-11H,1H3;/q;-1;. The third-order valence-corrected chi connectivity index (χ3v) is 9.37. The Morgan fingerprint density at radius 1 is 0.921 bits per heavy atom. The van der Waals surface area contributed by atoms with Gasteiger partial charge in [-0.05, 0) is 74.4 Å². The number of aliphatic hydroxyl groups is 1. The first-order valence-electron chi connectivity index (χ1n) is 14.2. The van der Waals surface area contributed by atoms with Crippen LogP contribution in [-0.2, 0) is 24.9 Å². The zero-order chi connectivity index (χ0) is 26.6. The molecule has 3 aromatic rings. The molecule has 1 fully saturated rings. The minimum Gasteiger partial charge on any atom is -0.511 e. The molecule has 1 heterocycles. The molecule has 1 saturated carbocycles. The summed E-state index contributed by atoms with van der Waals surface area (Å²) in [4.78, 5) is 17.7. The molecule has 0 aliphatic heterocycles. The zero-order valence-electron chi connectivity index (χ0n) is 23.6. The van der Waals surface area contributed by atoms with Crippen LogP contribution in [0.3, 0.4) is 0 Å². The van der Waals surface area contributed by atoms with Crippen molar-refractivity contribution in [3.8, 4) is 11.3 Å². The van der Waals surface area contributed by atoms with E-state index < -0.39 is 0 Å². The van der Waals surface area contributed by atoms with Crippen LogP contribution in [0.4, 0.5) is 0 Å². The van der Waals surface area contributed by atoms with Gasteiger partial charge in [-0.1, -0.05) is 65.0 Å². The first-order valence-corrected chi connectivity index (χ1v) is 14.2. The van der Waals surface area contributed by atoms with Gasteiger partial charge in [0.05, 0.1) is 5.52 Å². The van der Waals surface area contributed by atoms with Gasteiger partial charge in [0.2, 0.25) is 0 Å². The van der Waals surface area contributed by atoms with Gasteiger partial charge in [0.1, 0.15) is 5.76 Å². The smallest absolute Gasteiger partial charge is 0.168 e. The van der Waals surface area contributed by atoms with Gasteiger partial charge in [0.25, 0.3) is 0 Å². The third kappa shape index (κ3) is 5.68. The van der Waals surface area contributed by atoms with Gasteiger partial charge in [0.15, 0.2) is 5.78 Å². The van der Waals surface area contributed by atoms with Gasteiger partial charge in [0, 0.05) is 36.5 Å². The summed E-state index contributed by atoms with van der Waals surface area (Å²) in [6, 6.07) is 21.6. The van der Waals surface area contributed by atoms with Crippen molar-refractivity contribution in [2.45, 2.75) is 86.0 Å². The van der Waals surface area contributed by atoms with E-state index in [4.69, 9.17) is 0 Å². The largest absolute Gasteiger partial charge is 0.511 e. The van der Waals surface area contributed by atoms with E-state index in [9.17, 15) is 9.90 Å². The molecule has 3 nitrogen and oxygen atoms in total. The fourth-order valence-electron chi connectivity index (χ4n) is 6.43. The first-order chi connectivity index (χ1) is 17.8. The molecule has 0 amide bonds. The number of benzene rings is 2. The molecule has 38 heavy (non-hydrogen) atoms. The topological polar surface area (TPSA) is 50.2 Å². The molecule has 1 radical (unpaired) electrons. The van der Waals surface area contributed by atoms with Gasteiger partial charge in [-0.15, -0.1) is 35.4 Å². The van der Waals surface area contributed by atoms with Crippen molar-refractivity contribution >= 4 is 16.7 Å². The van der Waals surface area contributed by atoms with Crippen molar-refractivity contribution in [3.63, 3.8) is 0 Å². The van der Waals surface area contributed by atoms with Crippen LogP contribution in [-0.4, -0.2) is 15.9 Å². The molecule has 2 aliphatic rings. The molecule has 5 rings (SSSR count). The molecule has 1 unspecified atom stereocenters. The molecule has 1 aromatic heterocycles. The number of aliphatic hydroxyl groups excluding tert-OH is 1. The summed E-state index contributed by atoms with van der Waals surface area (Å²) in [5.74, 6) is 1.04. The molecule has 0 spiro atoms. The molecule has 0 bridgehead atoms. The summed E-state index contributed by atoms with van der Waals surface area (Å²) in [5.41, 5.74) is 4.77. The SMILES string of the molecule is CCC1(CC)CCC2CCC(CC)(CC)C(O)=C2C1=O.Cc1cc[c-]c(-c2ccc3ccccc3n2)c1.[Ir]. The molecule has 0 saturated heterocycles. The van der Waals surface area contributed by atoms with E-state index in [0.717, 1.165) is 73.7 Å². The van der Waals surface area contributed by atoms with Gasteiger partial charge in [-0.2, -0.15) is 0 Å². The summed E-state index contributed by atoms with van der Waals surface area (Å²) >= 11 is 0. The normalized spacial score (nSPS) is 19.7. The average molecular weight is 689 g/mol. The summed E-state index contributed by atoms with van der Waals surface area (Å²) in [6.45, 7) is 10.6. The van der Waals surface area contributed by atoms with E-state index in [1.165, 1.54) is 10.9 Å². The molecule has 4 heteroatoms. The number of ketones is 1. The van der Waals surface area contributed by atoms with Gasteiger partial charge in [-0.25, -0.2) is 0 Å². The summed E-state index contributed by atoms with van der Waals surface area (Å²) < 4.78 is 0. The summed E-state index contributed by atoms with van der Waals surface area (Å²) in [7, 11) is 0. The van der Waals surface area contributed by atoms with Crippen LogP contribution in [0.2, 0.25) is 0 Å². The Kier molecular flexibility index (Phi) is 10.1. The fourth-order valence-corrected chi connectivity index (χ4v) is 6.43. The fraction of sp³-hybridized carbons (Fsp3) is 0.471. The average Bonchev–Trinajstić information content (AvgIpc) is 2.94. The van der Waals surface area contributed by atoms with Crippen molar-refractivity contribution in [2.24, 2.45) is 16.7 Å². The second-order valence-corrected chi connectivity index (χ2v) is 11.0. The number of aryl methyl sites for hydroxylation is 1. The number of nitrogens with zero attached hydrogens (tertiary/aromatic N) is 1. The number of para-hydroxylation sites is 1. The number of hydrogen-bond donors (Lipinski definition) is 1. The Bertz CT molecular complexity index is 1290. The van der Waals surface area contributed by atoms with Crippen LogP contribution in [0, 0.1) is 29.7 Å². The van der Waals surface area contributed by atoms with Crippen molar-refractivity contribution in [1.29, 1.82) is 0 Å². The van der Waals surface area contributed by atoms with E-state index in [0.29, 0.717) is 11.7 Å². The van der Waals surface area contributed by atoms with Crippen molar-refractivity contribution in [3.05, 3.63) is 77.6 Å². The Labute approximate surface area is 242 Å². The van der Waals surface area contributed by atoms with E-state index in [1.54, 1.807) is 0 Å². The Hall–Kier alpha value is -2.29. The van der Waals surface area contributed by atoms with E-state index in [2.05, 4.69) is 63.9 Å². The van der Waals surface area contributed by atoms with Crippen LogP contribution in [0.5, 0.6) is 0 Å². The number of hydrogen-bond acceptors (Lipinski definition) is 3. The van der Waals surface area contributed by atoms with Crippen molar-refractivity contribution in [2.75, 3.05) is 0 Å². The molecule has 1 atom stereocenters. The maximum absolute atomic E-state index is 13.1. The zero-order valence-corrected chi connectivity index (χ0v) is 26.0. The van der Waals surface area contributed by atoms with Crippen molar-refractivity contribution in [1.82, 2.24) is 4.98 Å². The van der Waals surface area contributed by atoms with Crippen LogP contribution < -0.4 is 0 Å². The number of pyridine rings is 1. The number of carbonyl (C=O) groups excluding carboxylic acids is 1. The number of carbonyl (C=O) groups is 1. The molecular formula is C34H42IrNO2-. The van der Waals surface area contributed by atoms with Gasteiger partial charge < -0.3 is 5.11 Å². The number of rotatable bonds is 5. The van der Waals surface area contributed by atoms with Crippen LogP contribution in [0.15, 0.2) is 65.9 Å².